The fraction of sp³-hybridized carbons (Fsp3) is 0.308. The third-order valence-corrected chi connectivity index (χ3v) is 6.54. The fourth-order valence-corrected chi connectivity index (χ4v) is 4.63. The van der Waals surface area contributed by atoms with Crippen LogP contribution in [0, 0.1) is 12.8 Å². The monoisotopic (exact) mass is 438 g/mol. The summed E-state index contributed by atoms with van der Waals surface area (Å²) in [5, 5.41) is 9.15. The Morgan fingerprint density at radius 1 is 1.15 bits per heavy atom. The Balaban J connectivity index is 1.60. The van der Waals surface area contributed by atoms with Crippen molar-refractivity contribution in [3.05, 3.63) is 71.2 Å². The zero-order chi connectivity index (χ0) is 22.5. The van der Waals surface area contributed by atoms with Crippen molar-refractivity contribution in [3.63, 3.8) is 0 Å². The molecule has 0 spiro atoms. The number of anilines is 1. The highest BCUT2D eigenvalue weighted by Gasteiger charge is 2.27. The molecule has 1 unspecified atom stereocenters. The number of nitrogens with two attached hydrogens (primary N) is 1. The maximum absolute atomic E-state index is 6.41. The average molecular weight is 439 g/mol. The molecule has 1 atom stereocenters. The maximum atomic E-state index is 6.41. The highest BCUT2D eigenvalue weighted by atomic mass is 16.5. The van der Waals surface area contributed by atoms with E-state index in [-0.39, 0.29) is 6.10 Å². The van der Waals surface area contributed by atoms with E-state index < -0.39 is 0 Å². The Morgan fingerprint density at radius 3 is 2.88 bits per heavy atom. The van der Waals surface area contributed by atoms with Gasteiger partial charge in [0.1, 0.15) is 6.10 Å². The second kappa shape index (κ2) is 7.69. The lowest BCUT2D eigenvalue weighted by molar-refractivity contribution is 0.228. The van der Waals surface area contributed by atoms with Gasteiger partial charge >= 0.3 is 0 Å². The van der Waals surface area contributed by atoms with Gasteiger partial charge in [0, 0.05) is 42.0 Å². The number of aromatic nitrogens is 5. The first kappa shape index (κ1) is 19.9. The molecule has 7 nitrogen and oxygen atoms in total. The van der Waals surface area contributed by atoms with E-state index in [1.807, 2.05) is 29.9 Å². The molecule has 1 saturated carbocycles. The number of hydrogen-bond acceptors (Lipinski definition) is 6. The van der Waals surface area contributed by atoms with E-state index in [1.54, 1.807) is 6.20 Å². The minimum atomic E-state index is -0.234. The zero-order valence-electron chi connectivity index (χ0n) is 18.8. The van der Waals surface area contributed by atoms with Crippen LogP contribution >= 0.6 is 0 Å². The molecule has 33 heavy (non-hydrogen) atoms. The summed E-state index contributed by atoms with van der Waals surface area (Å²) in [5.41, 5.74) is 14.4. The molecule has 1 aliphatic heterocycles. The van der Waals surface area contributed by atoms with Crippen molar-refractivity contribution in [1.29, 1.82) is 0 Å². The Hall–Kier alpha value is -3.74. The Morgan fingerprint density at radius 2 is 2.03 bits per heavy atom. The van der Waals surface area contributed by atoms with Crippen molar-refractivity contribution < 1.29 is 4.74 Å². The highest BCUT2D eigenvalue weighted by Crippen LogP contribution is 2.39. The van der Waals surface area contributed by atoms with E-state index in [9.17, 15) is 0 Å². The first-order valence-electron chi connectivity index (χ1n) is 11.5. The molecule has 2 N–H and O–H groups in total. The summed E-state index contributed by atoms with van der Waals surface area (Å²) in [4.78, 5) is 9.26. The van der Waals surface area contributed by atoms with Crippen LogP contribution < -0.4 is 10.5 Å². The Kier molecular flexibility index (Phi) is 4.64. The van der Waals surface area contributed by atoms with Crippen LogP contribution in [-0.4, -0.2) is 25.0 Å². The second-order valence-electron chi connectivity index (χ2n) is 9.16. The van der Waals surface area contributed by atoms with Crippen molar-refractivity contribution in [2.45, 2.75) is 45.8 Å². The zero-order valence-corrected chi connectivity index (χ0v) is 18.8. The van der Waals surface area contributed by atoms with Gasteiger partial charge in [-0.2, -0.15) is 0 Å². The van der Waals surface area contributed by atoms with Crippen molar-refractivity contribution in [3.8, 4) is 28.3 Å². The Bertz CT molecular complexity index is 1360. The standard InChI is InChI=1S/C26H26N6O/c1-15-5-8-20-21(10-15)16(2)33-23-12-19(13-29-26(23)27)25-22(11-18-4-3-9-28-24(18)20)30-31-32(25)14-17-6-7-17/h3-5,8-10,12-13,16-17H,6-7,11,14H2,1-2H3,(H2,27,29). The molecule has 0 amide bonds. The third-order valence-electron chi connectivity index (χ3n) is 6.54. The van der Waals surface area contributed by atoms with E-state index in [2.05, 4.69) is 46.5 Å². The molecule has 166 valence electrons. The normalized spacial score (nSPS) is 17.1. The van der Waals surface area contributed by atoms with Crippen LogP contribution in [0.4, 0.5) is 5.82 Å². The summed E-state index contributed by atoms with van der Waals surface area (Å²) in [6, 6.07) is 12.5. The quantitative estimate of drug-likeness (QED) is 0.486. The molecule has 7 heteroatoms. The van der Waals surface area contributed by atoms with E-state index in [1.165, 1.54) is 18.4 Å². The van der Waals surface area contributed by atoms with Gasteiger partial charge in [-0.3, -0.25) is 4.98 Å². The van der Waals surface area contributed by atoms with E-state index in [4.69, 9.17) is 15.5 Å². The molecule has 2 bridgehead atoms. The van der Waals surface area contributed by atoms with Crippen LogP contribution in [0.2, 0.25) is 0 Å². The van der Waals surface area contributed by atoms with Gasteiger partial charge in [-0.1, -0.05) is 35.0 Å². The number of fused-ring (bicyclic) bond motifs is 7. The van der Waals surface area contributed by atoms with Crippen molar-refractivity contribution >= 4 is 5.82 Å². The van der Waals surface area contributed by atoms with Gasteiger partial charge in [-0.15, -0.1) is 5.10 Å². The van der Waals surface area contributed by atoms with Gasteiger partial charge in [0.15, 0.2) is 11.6 Å². The topological polar surface area (TPSA) is 91.7 Å². The molecule has 1 fully saturated rings. The number of hydrogen-bond donors (Lipinski definition) is 1. The molecule has 1 aliphatic carbocycles. The smallest absolute Gasteiger partial charge is 0.166 e. The lowest BCUT2D eigenvalue weighted by Gasteiger charge is -2.22. The lowest BCUT2D eigenvalue weighted by atomic mass is 9.93. The fourth-order valence-electron chi connectivity index (χ4n) is 4.63. The largest absolute Gasteiger partial charge is 0.482 e. The molecule has 0 saturated heterocycles. The molecule has 4 aromatic rings. The van der Waals surface area contributed by atoms with Gasteiger partial charge in [-0.05, 0) is 50.3 Å². The molecule has 6 rings (SSSR count). The van der Waals surface area contributed by atoms with Crippen LogP contribution in [0.25, 0.3) is 22.5 Å². The van der Waals surface area contributed by atoms with Crippen molar-refractivity contribution in [2.75, 3.05) is 5.73 Å². The van der Waals surface area contributed by atoms with Crippen LogP contribution in [0.3, 0.4) is 0 Å². The summed E-state index contributed by atoms with van der Waals surface area (Å²) < 4.78 is 8.43. The number of ether oxygens (including phenoxy) is 1. The maximum Gasteiger partial charge on any atom is 0.166 e. The van der Waals surface area contributed by atoms with Crippen molar-refractivity contribution in [1.82, 2.24) is 25.0 Å². The van der Waals surface area contributed by atoms with Crippen LogP contribution in [-0.2, 0) is 13.0 Å². The number of rotatable bonds is 2. The van der Waals surface area contributed by atoms with Gasteiger partial charge < -0.3 is 10.5 Å². The molecule has 2 aliphatic rings. The molecule has 3 aromatic heterocycles. The van der Waals surface area contributed by atoms with Gasteiger partial charge in [0.2, 0.25) is 0 Å². The minimum Gasteiger partial charge on any atom is -0.482 e. The lowest BCUT2D eigenvalue weighted by Crippen LogP contribution is -2.10. The van der Waals surface area contributed by atoms with Gasteiger partial charge in [-0.25, -0.2) is 9.67 Å². The summed E-state index contributed by atoms with van der Waals surface area (Å²) in [6.07, 6.45) is 6.52. The predicted octanol–water partition coefficient (Wildman–Crippen LogP) is 4.75. The third kappa shape index (κ3) is 3.63. The summed E-state index contributed by atoms with van der Waals surface area (Å²) in [6.45, 7) is 4.99. The van der Waals surface area contributed by atoms with Gasteiger partial charge in [0.25, 0.3) is 0 Å². The van der Waals surface area contributed by atoms with Crippen LogP contribution in [0.15, 0.2) is 48.8 Å². The second-order valence-corrected chi connectivity index (χ2v) is 9.16. The number of nitrogens with zero attached hydrogens (tertiary/aromatic N) is 5. The summed E-state index contributed by atoms with van der Waals surface area (Å²) in [5.74, 6) is 1.61. The molecule has 1 aromatic carbocycles. The molecule has 4 heterocycles. The van der Waals surface area contributed by atoms with E-state index >= 15 is 0 Å². The van der Waals surface area contributed by atoms with Crippen LogP contribution in [0.5, 0.6) is 5.75 Å². The van der Waals surface area contributed by atoms with Crippen LogP contribution in [0.1, 0.15) is 48.3 Å². The van der Waals surface area contributed by atoms with E-state index in [0.29, 0.717) is 23.9 Å². The van der Waals surface area contributed by atoms with Gasteiger partial charge in [0.05, 0.1) is 17.1 Å². The SMILES string of the molecule is Cc1ccc2c(c1)C(C)Oc1cc(cnc1N)-c1c(nnn1CC1CC1)Cc1cccnc1-2. The van der Waals surface area contributed by atoms with E-state index in [0.717, 1.165) is 45.9 Å². The van der Waals surface area contributed by atoms with Crippen molar-refractivity contribution in [2.24, 2.45) is 5.92 Å². The number of benzene rings is 1. The summed E-state index contributed by atoms with van der Waals surface area (Å²) >= 11 is 0. The summed E-state index contributed by atoms with van der Waals surface area (Å²) in [7, 11) is 0. The number of nitrogen functional groups attached to an aromatic ring is 1. The number of aryl methyl sites for hydroxylation is 1. The number of pyridine rings is 2. The predicted molar refractivity (Wildman–Crippen MR) is 127 cm³/mol. The molecular weight excluding hydrogens is 412 g/mol. The average Bonchev–Trinajstić information content (AvgIpc) is 3.54. The molecule has 0 radical (unpaired) electrons. The first-order chi connectivity index (χ1) is 16.1. The first-order valence-corrected chi connectivity index (χ1v) is 11.5. The highest BCUT2D eigenvalue weighted by molar-refractivity contribution is 5.71. The Labute approximate surface area is 192 Å². The minimum absolute atomic E-state index is 0.234. The molecular formula is C26H26N6O.